The second-order valence-corrected chi connectivity index (χ2v) is 3.18. The average molecular weight is 181 g/mol. The van der Waals surface area contributed by atoms with E-state index in [1.807, 2.05) is 17.9 Å². The highest BCUT2D eigenvalue weighted by molar-refractivity contribution is 5.24. The molecular formula is C8H11N3O2. The van der Waals surface area contributed by atoms with Gasteiger partial charge < -0.3 is 10.2 Å². The molecular weight excluding hydrogens is 170 g/mol. The van der Waals surface area contributed by atoms with Crippen LogP contribution in [0.3, 0.4) is 0 Å². The summed E-state index contributed by atoms with van der Waals surface area (Å²) < 4.78 is 0. The van der Waals surface area contributed by atoms with Crippen LogP contribution in [-0.4, -0.2) is 22.9 Å². The lowest BCUT2D eigenvalue weighted by atomic mass is 10.2. The van der Waals surface area contributed by atoms with Gasteiger partial charge in [0.1, 0.15) is 0 Å². The number of allylic oxidation sites excluding steroid dienone is 2. The Morgan fingerprint density at radius 3 is 3.15 bits per heavy atom. The van der Waals surface area contributed by atoms with Crippen molar-refractivity contribution in [1.82, 2.24) is 10.2 Å². The monoisotopic (exact) mass is 181 g/mol. The van der Waals surface area contributed by atoms with Crippen LogP contribution in [0.15, 0.2) is 23.3 Å². The molecule has 2 rings (SSSR count). The molecule has 1 saturated heterocycles. The summed E-state index contributed by atoms with van der Waals surface area (Å²) in [5.41, 5.74) is 1.38. The number of nitro groups is 1. The first kappa shape index (κ1) is 8.10. The van der Waals surface area contributed by atoms with E-state index >= 15 is 0 Å². The average Bonchev–Trinajstić information content (AvgIpc) is 2.53. The van der Waals surface area contributed by atoms with Crippen LogP contribution in [-0.2, 0) is 0 Å². The SMILES string of the molecule is CC1=CCC([N+](=O)[O-])=C2NCCN12. The largest absolute Gasteiger partial charge is 0.364 e. The van der Waals surface area contributed by atoms with Crippen molar-refractivity contribution in [2.75, 3.05) is 13.1 Å². The first-order chi connectivity index (χ1) is 6.20. The van der Waals surface area contributed by atoms with Gasteiger partial charge in [-0.25, -0.2) is 0 Å². The van der Waals surface area contributed by atoms with Crippen LogP contribution >= 0.6 is 0 Å². The normalized spacial score (nSPS) is 21.0. The molecule has 2 heterocycles. The van der Waals surface area contributed by atoms with Crippen LogP contribution in [0.2, 0.25) is 0 Å². The fourth-order valence-electron chi connectivity index (χ4n) is 1.72. The van der Waals surface area contributed by atoms with Crippen LogP contribution in [0.1, 0.15) is 13.3 Å². The summed E-state index contributed by atoms with van der Waals surface area (Å²) in [5.74, 6) is 0.685. The maximum absolute atomic E-state index is 10.7. The Balaban J connectivity index is 2.38. The van der Waals surface area contributed by atoms with Gasteiger partial charge in [0.2, 0.25) is 0 Å². The summed E-state index contributed by atoms with van der Waals surface area (Å²) in [6.45, 7) is 3.59. The molecule has 0 saturated carbocycles. The van der Waals surface area contributed by atoms with Gasteiger partial charge in [-0.1, -0.05) is 6.08 Å². The molecule has 0 aromatic heterocycles. The zero-order chi connectivity index (χ0) is 9.42. The Bertz CT molecular complexity index is 319. The Hall–Kier alpha value is -1.52. The lowest BCUT2D eigenvalue weighted by molar-refractivity contribution is -0.429. The summed E-state index contributed by atoms with van der Waals surface area (Å²) in [6.07, 6.45) is 2.33. The van der Waals surface area contributed by atoms with Gasteiger partial charge in [0.25, 0.3) is 5.70 Å². The second-order valence-electron chi connectivity index (χ2n) is 3.18. The molecule has 70 valence electrons. The summed E-state index contributed by atoms with van der Waals surface area (Å²) >= 11 is 0. The van der Waals surface area contributed by atoms with E-state index < -0.39 is 0 Å². The maximum Gasteiger partial charge on any atom is 0.290 e. The van der Waals surface area contributed by atoms with Crippen LogP contribution < -0.4 is 5.32 Å². The molecule has 0 bridgehead atoms. The van der Waals surface area contributed by atoms with Crippen molar-refractivity contribution in [1.29, 1.82) is 0 Å². The molecule has 0 unspecified atom stereocenters. The van der Waals surface area contributed by atoms with Crippen molar-refractivity contribution in [2.45, 2.75) is 13.3 Å². The van der Waals surface area contributed by atoms with Crippen molar-refractivity contribution in [2.24, 2.45) is 0 Å². The number of rotatable bonds is 1. The van der Waals surface area contributed by atoms with E-state index in [2.05, 4.69) is 5.32 Å². The van der Waals surface area contributed by atoms with Crippen LogP contribution in [0.25, 0.3) is 0 Å². The lowest BCUT2D eigenvalue weighted by Crippen LogP contribution is -2.25. The highest BCUT2D eigenvalue weighted by Gasteiger charge is 2.30. The summed E-state index contributed by atoms with van der Waals surface area (Å²) in [6, 6.07) is 0. The molecule has 0 aromatic carbocycles. The van der Waals surface area contributed by atoms with Crippen molar-refractivity contribution in [3.05, 3.63) is 33.4 Å². The van der Waals surface area contributed by atoms with Gasteiger partial charge in [-0.05, 0) is 6.92 Å². The Morgan fingerprint density at radius 2 is 2.46 bits per heavy atom. The van der Waals surface area contributed by atoms with Crippen molar-refractivity contribution >= 4 is 0 Å². The standard InChI is InChI=1S/C8H11N3O2/c1-6-2-3-7(11(12)13)8-9-4-5-10(6)8/h2,9H,3-5H2,1H3. The highest BCUT2D eigenvalue weighted by atomic mass is 16.6. The second kappa shape index (κ2) is 2.76. The highest BCUT2D eigenvalue weighted by Crippen LogP contribution is 2.25. The predicted molar refractivity (Wildman–Crippen MR) is 47.1 cm³/mol. The zero-order valence-electron chi connectivity index (χ0n) is 7.41. The third kappa shape index (κ3) is 1.16. The molecule has 0 aromatic rings. The minimum absolute atomic E-state index is 0.281. The first-order valence-electron chi connectivity index (χ1n) is 4.26. The van der Waals surface area contributed by atoms with Crippen molar-refractivity contribution in [3.8, 4) is 0 Å². The molecule has 2 aliphatic rings. The van der Waals surface area contributed by atoms with E-state index in [4.69, 9.17) is 0 Å². The third-order valence-corrected chi connectivity index (χ3v) is 2.41. The molecule has 0 aliphatic carbocycles. The molecule has 13 heavy (non-hydrogen) atoms. The van der Waals surface area contributed by atoms with Gasteiger partial charge in [0.05, 0.1) is 11.3 Å². The van der Waals surface area contributed by atoms with Gasteiger partial charge in [-0.3, -0.25) is 10.1 Å². The third-order valence-electron chi connectivity index (χ3n) is 2.41. The molecule has 1 fully saturated rings. The molecule has 0 amide bonds. The number of nitrogens with one attached hydrogen (secondary N) is 1. The van der Waals surface area contributed by atoms with E-state index in [0.29, 0.717) is 12.2 Å². The first-order valence-corrected chi connectivity index (χ1v) is 4.26. The Labute approximate surface area is 75.9 Å². The summed E-state index contributed by atoms with van der Waals surface area (Å²) in [7, 11) is 0. The van der Waals surface area contributed by atoms with Gasteiger partial charge in [-0.15, -0.1) is 0 Å². The Kier molecular flexibility index (Phi) is 1.72. The number of nitrogens with zero attached hydrogens (tertiary/aromatic N) is 2. The fraction of sp³-hybridized carbons (Fsp3) is 0.500. The van der Waals surface area contributed by atoms with Crippen LogP contribution in [0.5, 0.6) is 0 Å². The summed E-state index contributed by atoms with van der Waals surface area (Å²) in [4.78, 5) is 12.3. The van der Waals surface area contributed by atoms with E-state index in [9.17, 15) is 10.1 Å². The smallest absolute Gasteiger partial charge is 0.290 e. The van der Waals surface area contributed by atoms with Crippen molar-refractivity contribution in [3.63, 3.8) is 0 Å². The molecule has 1 N–H and O–H groups in total. The molecule has 0 spiro atoms. The predicted octanol–water partition coefficient (Wildman–Crippen LogP) is 0.645. The minimum atomic E-state index is -0.302. The fourth-order valence-corrected chi connectivity index (χ4v) is 1.72. The van der Waals surface area contributed by atoms with Crippen LogP contribution in [0, 0.1) is 10.1 Å². The molecule has 0 atom stereocenters. The molecule has 5 heteroatoms. The van der Waals surface area contributed by atoms with E-state index in [-0.39, 0.29) is 10.6 Å². The maximum atomic E-state index is 10.7. The van der Waals surface area contributed by atoms with Gasteiger partial charge >= 0.3 is 0 Å². The zero-order valence-corrected chi connectivity index (χ0v) is 7.41. The molecule has 2 aliphatic heterocycles. The molecule has 5 nitrogen and oxygen atoms in total. The van der Waals surface area contributed by atoms with Gasteiger partial charge in [-0.2, -0.15) is 0 Å². The van der Waals surface area contributed by atoms with Crippen molar-refractivity contribution < 1.29 is 4.92 Å². The number of fused-ring (bicyclic) bond motifs is 1. The summed E-state index contributed by atoms with van der Waals surface area (Å²) in [5, 5.41) is 13.7. The Morgan fingerprint density at radius 1 is 1.69 bits per heavy atom. The van der Waals surface area contributed by atoms with Gasteiger partial charge in [0.15, 0.2) is 5.82 Å². The quantitative estimate of drug-likeness (QED) is 0.476. The lowest BCUT2D eigenvalue weighted by Gasteiger charge is -2.22. The molecule has 0 radical (unpaired) electrons. The van der Waals surface area contributed by atoms with Crippen LogP contribution in [0.4, 0.5) is 0 Å². The number of hydrogen-bond acceptors (Lipinski definition) is 4. The van der Waals surface area contributed by atoms with E-state index in [1.54, 1.807) is 0 Å². The minimum Gasteiger partial charge on any atom is -0.364 e. The number of hydrogen-bond donors (Lipinski definition) is 1. The van der Waals surface area contributed by atoms with Gasteiger partial charge in [0, 0.05) is 18.8 Å². The van der Waals surface area contributed by atoms with E-state index in [1.165, 1.54) is 0 Å². The van der Waals surface area contributed by atoms with E-state index in [0.717, 1.165) is 18.8 Å². The topological polar surface area (TPSA) is 58.4 Å².